The first kappa shape index (κ1) is 23.3. The zero-order chi connectivity index (χ0) is 22.9. The van der Waals surface area contributed by atoms with Gasteiger partial charge < -0.3 is 9.47 Å². The molecule has 0 aliphatic rings. The summed E-state index contributed by atoms with van der Waals surface area (Å²) in [6, 6.07) is 22.3. The quantitative estimate of drug-likeness (QED) is 0.430. The van der Waals surface area contributed by atoms with E-state index >= 15 is 0 Å². The van der Waals surface area contributed by atoms with Crippen LogP contribution in [0, 0.1) is 5.92 Å². The summed E-state index contributed by atoms with van der Waals surface area (Å²) >= 11 is 3.48. The molecule has 3 aromatic carbocycles. The maximum Gasteiger partial charge on any atom is 0.276 e. The van der Waals surface area contributed by atoms with E-state index in [2.05, 4.69) is 40.6 Å². The zero-order valence-electron chi connectivity index (χ0n) is 17.9. The van der Waals surface area contributed by atoms with Crippen molar-refractivity contribution in [1.82, 2.24) is 10.9 Å². The smallest absolute Gasteiger partial charge is 0.276 e. The van der Waals surface area contributed by atoms with Crippen LogP contribution in [0.1, 0.15) is 24.2 Å². The molecule has 2 amide bonds. The summed E-state index contributed by atoms with van der Waals surface area (Å²) in [5, 5.41) is 0. The molecule has 0 bridgehead atoms. The molecule has 0 saturated carbocycles. The third-order valence-electron chi connectivity index (χ3n) is 4.41. The van der Waals surface area contributed by atoms with Gasteiger partial charge in [0.25, 0.3) is 11.8 Å². The first-order valence-electron chi connectivity index (χ1n) is 10.2. The molecule has 0 aliphatic heterocycles. The van der Waals surface area contributed by atoms with Gasteiger partial charge in [0.1, 0.15) is 11.5 Å². The predicted octanol–water partition coefficient (Wildman–Crippen LogP) is 4.99. The van der Waals surface area contributed by atoms with E-state index < -0.39 is 11.8 Å². The summed E-state index contributed by atoms with van der Waals surface area (Å²) in [6.07, 6.45) is 0. The lowest BCUT2D eigenvalue weighted by atomic mass is 10.1. The summed E-state index contributed by atoms with van der Waals surface area (Å²) in [7, 11) is 0. The third-order valence-corrected chi connectivity index (χ3v) is 5.03. The van der Waals surface area contributed by atoms with Crippen LogP contribution in [0.2, 0.25) is 0 Å². The fraction of sp³-hybridized carbons (Fsp3) is 0.200. The number of nitrogens with one attached hydrogen (secondary N) is 2. The molecule has 3 rings (SSSR count). The number of hydrazine groups is 1. The highest BCUT2D eigenvalue weighted by atomic mass is 79.9. The molecule has 0 atom stereocenters. The molecule has 7 heteroatoms. The van der Waals surface area contributed by atoms with Gasteiger partial charge in [0.2, 0.25) is 0 Å². The Labute approximate surface area is 196 Å². The van der Waals surface area contributed by atoms with Crippen LogP contribution in [0.4, 0.5) is 0 Å². The Kier molecular flexibility index (Phi) is 8.27. The van der Waals surface area contributed by atoms with E-state index in [0.717, 1.165) is 15.6 Å². The summed E-state index contributed by atoms with van der Waals surface area (Å²) in [6.45, 7) is 4.48. The number of ether oxygens (including phenoxy) is 2. The summed E-state index contributed by atoms with van der Waals surface area (Å²) in [5.41, 5.74) is 7.25. The minimum atomic E-state index is -0.478. The van der Waals surface area contributed by atoms with Crippen molar-refractivity contribution in [2.45, 2.75) is 13.8 Å². The molecule has 0 heterocycles. The maximum atomic E-state index is 12.2. The molecule has 0 aliphatic carbocycles. The minimum Gasteiger partial charge on any atom is -0.493 e. The summed E-state index contributed by atoms with van der Waals surface area (Å²) in [5.74, 6) is 0.731. The molecule has 0 saturated heterocycles. The standard InChI is InChI=1S/C25H25BrN2O4/c1-17(2)15-31-21-11-8-19(9-12-21)25(30)28-27-24(29)16-32-23-13-10-20(14-22(23)26)18-6-4-3-5-7-18/h3-14,17H,15-16H2,1-2H3,(H,27,29)(H,28,30). The van der Waals surface area contributed by atoms with E-state index in [1.54, 1.807) is 30.3 Å². The van der Waals surface area contributed by atoms with Crippen molar-refractivity contribution < 1.29 is 19.1 Å². The van der Waals surface area contributed by atoms with Gasteiger partial charge in [-0.15, -0.1) is 0 Å². The lowest BCUT2D eigenvalue weighted by Gasteiger charge is -2.11. The van der Waals surface area contributed by atoms with Gasteiger partial charge in [-0.1, -0.05) is 50.2 Å². The number of rotatable bonds is 8. The van der Waals surface area contributed by atoms with Gasteiger partial charge in [-0.05, 0) is 69.4 Å². The molecule has 0 spiro atoms. The van der Waals surface area contributed by atoms with Gasteiger partial charge in [-0.2, -0.15) is 0 Å². The van der Waals surface area contributed by atoms with Crippen molar-refractivity contribution in [2.24, 2.45) is 5.92 Å². The molecule has 0 unspecified atom stereocenters. The van der Waals surface area contributed by atoms with Crippen molar-refractivity contribution in [1.29, 1.82) is 0 Å². The normalized spacial score (nSPS) is 10.5. The second-order valence-corrected chi connectivity index (χ2v) is 8.39. The Hall–Kier alpha value is -3.32. The van der Waals surface area contributed by atoms with E-state index in [4.69, 9.17) is 9.47 Å². The van der Waals surface area contributed by atoms with Crippen molar-refractivity contribution in [3.63, 3.8) is 0 Å². The van der Waals surface area contributed by atoms with Crippen LogP contribution in [0.15, 0.2) is 77.3 Å². The van der Waals surface area contributed by atoms with E-state index in [1.165, 1.54) is 0 Å². The first-order valence-corrected chi connectivity index (χ1v) is 11.0. The van der Waals surface area contributed by atoms with E-state index in [1.807, 2.05) is 42.5 Å². The fourth-order valence-electron chi connectivity index (χ4n) is 2.77. The van der Waals surface area contributed by atoms with Crippen molar-refractivity contribution in [2.75, 3.05) is 13.2 Å². The van der Waals surface area contributed by atoms with Gasteiger partial charge in [-0.3, -0.25) is 20.4 Å². The summed E-state index contributed by atoms with van der Waals surface area (Å²) < 4.78 is 11.9. The number of carbonyl (C=O) groups is 2. The topological polar surface area (TPSA) is 76.7 Å². The largest absolute Gasteiger partial charge is 0.493 e. The number of hydrogen-bond donors (Lipinski definition) is 2. The van der Waals surface area contributed by atoms with Crippen LogP contribution in [0.3, 0.4) is 0 Å². The van der Waals surface area contributed by atoms with Crippen LogP contribution in [0.5, 0.6) is 11.5 Å². The number of hydrogen-bond acceptors (Lipinski definition) is 4. The molecule has 0 radical (unpaired) electrons. The van der Waals surface area contributed by atoms with Crippen LogP contribution in [-0.2, 0) is 4.79 Å². The van der Waals surface area contributed by atoms with Gasteiger partial charge >= 0.3 is 0 Å². The molecule has 6 nitrogen and oxygen atoms in total. The molecule has 32 heavy (non-hydrogen) atoms. The maximum absolute atomic E-state index is 12.2. The first-order chi connectivity index (χ1) is 15.4. The molecular formula is C25H25BrN2O4. The zero-order valence-corrected chi connectivity index (χ0v) is 19.5. The van der Waals surface area contributed by atoms with Crippen LogP contribution in [-0.4, -0.2) is 25.0 Å². The molecule has 0 aromatic heterocycles. The molecule has 2 N–H and O–H groups in total. The fourth-order valence-corrected chi connectivity index (χ4v) is 3.26. The van der Waals surface area contributed by atoms with E-state index in [0.29, 0.717) is 29.6 Å². The monoisotopic (exact) mass is 496 g/mol. The highest BCUT2D eigenvalue weighted by Gasteiger charge is 2.10. The Morgan fingerprint density at radius 2 is 1.59 bits per heavy atom. The Morgan fingerprint density at radius 1 is 0.875 bits per heavy atom. The van der Waals surface area contributed by atoms with Gasteiger partial charge in [-0.25, -0.2) is 0 Å². The number of amides is 2. The lowest BCUT2D eigenvalue weighted by molar-refractivity contribution is -0.123. The van der Waals surface area contributed by atoms with Crippen LogP contribution >= 0.6 is 15.9 Å². The highest BCUT2D eigenvalue weighted by molar-refractivity contribution is 9.10. The van der Waals surface area contributed by atoms with Crippen molar-refractivity contribution in [3.8, 4) is 22.6 Å². The van der Waals surface area contributed by atoms with E-state index in [9.17, 15) is 9.59 Å². The van der Waals surface area contributed by atoms with Gasteiger partial charge in [0.15, 0.2) is 6.61 Å². The SMILES string of the molecule is CC(C)COc1ccc(C(=O)NNC(=O)COc2ccc(-c3ccccc3)cc2Br)cc1. The molecule has 166 valence electrons. The van der Waals surface area contributed by atoms with Crippen LogP contribution in [0.25, 0.3) is 11.1 Å². The Morgan fingerprint density at radius 3 is 2.25 bits per heavy atom. The van der Waals surface area contributed by atoms with E-state index in [-0.39, 0.29) is 6.61 Å². The van der Waals surface area contributed by atoms with Gasteiger partial charge in [0, 0.05) is 5.56 Å². The van der Waals surface area contributed by atoms with Crippen molar-refractivity contribution >= 4 is 27.7 Å². The molecule has 0 fully saturated rings. The summed E-state index contributed by atoms with van der Waals surface area (Å²) in [4.78, 5) is 24.3. The molecular weight excluding hydrogens is 472 g/mol. The Bertz CT molecular complexity index is 1050. The third kappa shape index (κ3) is 6.85. The average molecular weight is 497 g/mol. The second-order valence-electron chi connectivity index (χ2n) is 7.53. The predicted molar refractivity (Wildman–Crippen MR) is 127 cm³/mol. The number of carbonyl (C=O) groups excluding carboxylic acids is 2. The lowest BCUT2D eigenvalue weighted by Crippen LogP contribution is -2.43. The van der Waals surface area contributed by atoms with Crippen LogP contribution < -0.4 is 20.3 Å². The highest BCUT2D eigenvalue weighted by Crippen LogP contribution is 2.30. The average Bonchev–Trinajstić information content (AvgIpc) is 2.81. The Balaban J connectivity index is 1.46. The second kappa shape index (κ2) is 11.3. The minimum absolute atomic E-state index is 0.245. The number of halogens is 1. The van der Waals surface area contributed by atoms with Crippen molar-refractivity contribution in [3.05, 3.63) is 82.8 Å². The molecule has 3 aromatic rings. The van der Waals surface area contributed by atoms with Gasteiger partial charge in [0.05, 0.1) is 11.1 Å². The number of benzene rings is 3.